The standard InChI is InChI=1S/C23H29N7O2S.C2H6/c1-15-21(33-30-12-17-11-26-28(3)20(17)14-30)9-19(27(15)2)23(32)25-10-16-5-4-7-24-22(16)29-8-6-18(31)13-29;1-2/h4-5,7,9,11,18,31H,6,8,10,12-14H2,1-3H3,(H,25,32);1-2H3. The second-order valence-electron chi connectivity index (χ2n) is 8.73. The smallest absolute Gasteiger partial charge is 0.268 e. The van der Waals surface area contributed by atoms with E-state index in [0.717, 1.165) is 48.0 Å². The first-order chi connectivity index (χ1) is 16.9. The van der Waals surface area contributed by atoms with Crippen molar-refractivity contribution in [2.75, 3.05) is 18.0 Å². The summed E-state index contributed by atoms with van der Waals surface area (Å²) in [6.07, 6.45) is 4.10. The Morgan fingerprint density at radius 2 is 2.09 bits per heavy atom. The zero-order valence-electron chi connectivity index (χ0n) is 21.2. The highest BCUT2D eigenvalue weighted by Gasteiger charge is 2.26. The third-order valence-electron chi connectivity index (χ3n) is 6.54. The summed E-state index contributed by atoms with van der Waals surface area (Å²) in [5, 5.41) is 17.3. The number of aliphatic hydroxyl groups excluding tert-OH is 1. The third-order valence-corrected chi connectivity index (χ3v) is 7.67. The number of aryl methyl sites for hydroxylation is 1. The van der Waals surface area contributed by atoms with Gasteiger partial charge in [-0.1, -0.05) is 19.9 Å². The van der Waals surface area contributed by atoms with Crippen molar-refractivity contribution >= 4 is 23.7 Å². The number of pyridine rings is 1. The highest BCUT2D eigenvalue weighted by atomic mass is 32.2. The Hall–Kier alpha value is -2.82. The number of hydrogen-bond donors (Lipinski definition) is 2. The molecule has 35 heavy (non-hydrogen) atoms. The Labute approximate surface area is 211 Å². The predicted octanol–water partition coefficient (Wildman–Crippen LogP) is 3.01. The van der Waals surface area contributed by atoms with Gasteiger partial charge < -0.3 is 19.9 Å². The van der Waals surface area contributed by atoms with Crippen molar-refractivity contribution in [3.63, 3.8) is 0 Å². The lowest BCUT2D eigenvalue weighted by molar-refractivity contribution is 0.0942. The molecule has 0 saturated carbocycles. The van der Waals surface area contributed by atoms with E-state index in [-0.39, 0.29) is 12.0 Å². The van der Waals surface area contributed by atoms with Crippen LogP contribution in [0.1, 0.15) is 53.3 Å². The van der Waals surface area contributed by atoms with Crippen LogP contribution in [0, 0.1) is 6.92 Å². The molecule has 0 spiro atoms. The first kappa shape index (κ1) is 25.3. The lowest BCUT2D eigenvalue weighted by Crippen LogP contribution is -2.28. The molecule has 0 aliphatic carbocycles. The van der Waals surface area contributed by atoms with Gasteiger partial charge in [-0.3, -0.25) is 9.48 Å². The fourth-order valence-electron chi connectivity index (χ4n) is 4.50. The minimum Gasteiger partial charge on any atom is -0.391 e. The van der Waals surface area contributed by atoms with Crippen molar-refractivity contribution in [2.45, 2.75) is 57.8 Å². The van der Waals surface area contributed by atoms with E-state index in [1.165, 1.54) is 11.3 Å². The molecule has 5 rings (SSSR count). The van der Waals surface area contributed by atoms with Crippen molar-refractivity contribution in [2.24, 2.45) is 14.1 Å². The molecule has 3 aromatic heterocycles. The van der Waals surface area contributed by atoms with E-state index in [1.54, 1.807) is 18.1 Å². The molecule has 0 bridgehead atoms. The number of rotatable bonds is 6. The topological polar surface area (TPSA) is 91.5 Å². The van der Waals surface area contributed by atoms with Crippen molar-refractivity contribution in [3.05, 3.63) is 58.8 Å². The van der Waals surface area contributed by atoms with Crippen LogP contribution in [-0.2, 0) is 33.7 Å². The first-order valence-corrected chi connectivity index (χ1v) is 12.9. The van der Waals surface area contributed by atoms with E-state index < -0.39 is 0 Å². The first-order valence-electron chi connectivity index (χ1n) is 12.1. The van der Waals surface area contributed by atoms with Gasteiger partial charge in [-0.2, -0.15) is 5.10 Å². The fraction of sp³-hybridized carbons (Fsp3) is 0.480. The fourth-order valence-corrected chi connectivity index (χ4v) is 5.60. The molecule has 0 radical (unpaired) electrons. The third kappa shape index (κ3) is 5.24. The number of amides is 1. The van der Waals surface area contributed by atoms with Crippen molar-refractivity contribution in [1.29, 1.82) is 0 Å². The highest BCUT2D eigenvalue weighted by Crippen LogP contribution is 2.35. The molecule has 188 valence electrons. The van der Waals surface area contributed by atoms with E-state index in [1.807, 2.05) is 68.5 Å². The zero-order chi connectivity index (χ0) is 25.1. The van der Waals surface area contributed by atoms with Crippen molar-refractivity contribution < 1.29 is 9.90 Å². The maximum absolute atomic E-state index is 13.1. The minimum atomic E-state index is -0.323. The van der Waals surface area contributed by atoms with E-state index in [9.17, 15) is 9.90 Å². The molecule has 2 aliphatic rings. The number of hydrogen-bond acceptors (Lipinski definition) is 7. The molecule has 1 fully saturated rings. The number of aromatic nitrogens is 4. The molecular weight excluding hydrogens is 462 g/mol. The number of aliphatic hydroxyl groups is 1. The lowest BCUT2D eigenvalue weighted by Gasteiger charge is -2.20. The largest absolute Gasteiger partial charge is 0.391 e. The van der Waals surface area contributed by atoms with E-state index >= 15 is 0 Å². The molecule has 2 N–H and O–H groups in total. The molecule has 2 aliphatic heterocycles. The van der Waals surface area contributed by atoms with E-state index in [4.69, 9.17) is 0 Å². The predicted molar refractivity (Wildman–Crippen MR) is 138 cm³/mol. The number of anilines is 1. The average molecular weight is 498 g/mol. The Bertz CT molecular complexity index is 1190. The van der Waals surface area contributed by atoms with Gasteiger partial charge in [-0.15, -0.1) is 0 Å². The van der Waals surface area contributed by atoms with Crippen LogP contribution in [0.15, 0.2) is 35.5 Å². The highest BCUT2D eigenvalue weighted by molar-refractivity contribution is 7.97. The summed E-state index contributed by atoms with van der Waals surface area (Å²) >= 11 is 1.69. The van der Waals surface area contributed by atoms with Gasteiger partial charge in [0.15, 0.2) is 0 Å². The molecule has 1 amide bonds. The summed E-state index contributed by atoms with van der Waals surface area (Å²) < 4.78 is 6.17. The van der Waals surface area contributed by atoms with Crippen LogP contribution in [0.2, 0.25) is 0 Å². The van der Waals surface area contributed by atoms with Crippen LogP contribution < -0.4 is 10.2 Å². The Morgan fingerprint density at radius 3 is 2.80 bits per heavy atom. The van der Waals surface area contributed by atoms with Gasteiger partial charge in [0, 0.05) is 68.2 Å². The summed E-state index contributed by atoms with van der Waals surface area (Å²) in [5.41, 5.74) is 5.15. The summed E-state index contributed by atoms with van der Waals surface area (Å²) in [6, 6.07) is 5.82. The van der Waals surface area contributed by atoms with Gasteiger partial charge in [-0.05, 0) is 37.4 Å². The van der Waals surface area contributed by atoms with E-state index in [0.29, 0.717) is 18.8 Å². The zero-order valence-corrected chi connectivity index (χ0v) is 22.0. The molecule has 9 nitrogen and oxygen atoms in total. The van der Waals surface area contributed by atoms with E-state index in [2.05, 4.69) is 24.6 Å². The van der Waals surface area contributed by atoms with Crippen LogP contribution in [-0.4, -0.2) is 53.8 Å². The lowest BCUT2D eigenvalue weighted by atomic mass is 10.2. The summed E-state index contributed by atoms with van der Waals surface area (Å²) in [6.45, 7) is 9.46. The molecular formula is C25H35N7O2S. The molecule has 5 heterocycles. The Balaban J connectivity index is 0.00000141. The quantitative estimate of drug-likeness (QED) is 0.506. The molecule has 0 aromatic carbocycles. The van der Waals surface area contributed by atoms with Crippen molar-refractivity contribution in [3.8, 4) is 0 Å². The van der Waals surface area contributed by atoms with Crippen LogP contribution in [0.3, 0.4) is 0 Å². The van der Waals surface area contributed by atoms with Crippen LogP contribution >= 0.6 is 11.9 Å². The molecule has 1 atom stereocenters. The van der Waals surface area contributed by atoms with Crippen LogP contribution in [0.4, 0.5) is 5.82 Å². The van der Waals surface area contributed by atoms with Crippen LogP contribution in [0.5, 0.6) is 0 Å². The maximum Gasteiger partial charge on any atom is 0.268 e. The number of carbonyl (C=O) groups is 1. The molecule has 1 saturated heterocycles. The summed E-state index contributed by atoms with van der Waals surface area (Å²) in [4.78, 5) is 20.7. The Morgan fingerprint density at radius 1 is 1.29 bits per heavy atom. The number of fused-ring (bicyclic) bond motifs is 1. The number of nitrogens with one attached hydrogen (secondary N) is 1. The molecule has 1 unspecified atom stereocenters. The van der Waals surface area contributed by atoms with Crippen LogP contribution in [0.25, 0.3) is 0 Å². The second kappa shape index (κ2) is 10.8. The van der Waals surface area contributed by atoms with Gasteiger partial charge in [0.1, 0.15) is 11.5 Å². The average Bonchev–Trinajstić information content (AvgIpc) is 3.62. The second-order valence-corrected chi connectivity index (χ2v) is 9.86. The van der Waals surface area contributed by atoms with Gasteiger partial charge in [0.05, 0.1) is 24.5 Å². The molecule has 10 heteroatoms. The molecule has 3 aromatic rings. The van der Waals surface area contributed by atoms with Gasteiger partial charge >= 0.3 is 0 Å². The number of carbonyl (C=O) groups excluding carboxylic acids is 1. The van der Waals surface area contributed by atoms with Gasteiger partial charge in [0.2, 0.25) is 0 Å². The SMILES string of the molecule is CC.Cc1c(SN2Cc3cnn(C)c3C2)cc(C(=O)NCc2cccnc2N2CCC(O)C2)n1C. The van der Waals surface area contributed by atoms with Gasteiger partial charge in [-0.25, -0.2) is 9.29 Å². The number of nitrogens with zero attached hydrogens (tertiary/aromatic N) is 6. The number of β-amino-alcohol motifs (C(OH)–C–C–N with tert-alkyl or cyclic N) is 1. The summed E-state index contributed by atoms with van der Waals surface area (Å²) in [7, 11) is 3.90. The maximum atomic E-state index is 13.1. The minimum absolute atomic E-state index is 0.113. The Kier molecular flexibility index (Phi) is 7.83. The van der Waals surface area contributed by atoms with Gasteiger partial charge in [0.25, 0.3) is 5.91 Å². The summed E-state index contributed by atoms with van der Waals surface area (Å²) in [5.74, 6) is 0.717. The normalized spacial score (nSPS) is 17.3. The monoisotopic (exact) mass is 497 g/mol. The van der Waals surface area contributed by atoms with Crippen molar-refractivity contribution in [1.82, 2.24) is 29.0 Å².